The highest BCUT2D eigenvalue weighted by molar-refractivity contribution is 5.78. The Labute approximate surface area is 96.8 Å². The summed E-state index contributed by atoms with van der Waals surface area (Å²) in [5.74, 6) is 0. The first kappa shape index (κ1) is 9.71. The van der Waals surface area contributed by atoms with Crippen molar-refractivity contribution < 1.29 is 4.42 Å². The molecule has 0 saturated carbocycles. The third-order valence-corrected chi connectivity index (χ3v) is 2.41. The minimum atomic E-state index is 0.479. The van der Waals surface area contributed by atoms with E-state index in [1.165, 1.54) is 0 Å². The highest BCUT2D eigenvalue weighted by Gasteiger charge is 2.05. The SMILES string of the molecule is Nc1ccc2nc(NCc3cn[nH]c3)oc2c1. The van der Waals surface area contributed by atoms with Crippen LogP contribution in [0.15, 0.2) is 35.0 Å². The van der Waals surface area contributed by atoms with Gasteiger partial charge in [-0.1, -0.05) is 0 Å². The smallest absolute Gasteiger partial charge is 0.295 e. The lowest BCUT2D eigenvalue weighted by atomic mass is 10.3. The molecule has 6 nitrogen and oxygen atoms in total. The Bertz CT molecular complexity index is 628. The molecule has 2 aromatic heterocycles. The number of nitrogens with zero attached hydrogens (tertiary/aromatic N) is 2. The number of nitrogens with two attached hydrogens (primary N) is 1. The van der Waals surface area contributed by atoms with Gasteiger partial charge in [0.2, 0.25) is 0 Å². The number of anilines is 2. The average molecular weight is 229 g/mol. The molecule has 0 radical (unpaired) electrons. The van der Waals surface area contributed by atoms with Gasteiger partial charge in [0.05, 0.1) is 6.20 Å². The average Bonchev–Trinajstić information content (AvgIpc) is 2.94. The standard InChI is InChI=1S/C11H11N5O/c12-8-1-2-9-10(3-8)17-11(16-9)13-4-7-5-14-15-6-7/h1-3,5-6H,4,12H2,(H,13,16)(H,14,15). The molecular formula is C11H11N5O. The van der Waals surface area contributed by atoms with E-state index in [1.54, 1.807) is 18.3 Å². The van der Waals surface area contributed by atoms with Crippen LogP contribution in [0.3, 0.4) is 0 Å². The molecule has 0 aliphatic rings. The van der Waals surface area contributed by atoms with E-state index in [2.05, 4.69) is 20.5 Å². The molecule has 4 N–H and O–H groups in total. The monoisotopic (exact) mass is 229 g/mol. The molecule has 1 aromatic carbocycles. The number of aromatic amines is 1. The van der Waals surface area contributed by atoms with Crippen LogP contribution in [0.25, 0.3) is 11.1 Å². The van der Waals surface area contributed by atoms with Crippen molar-refractivity contribution in [1.82, 2.24) is 15.2 Å². The zero-order chi connectivity index (χ0) is 11.7. The second kappa shape index (κ2) is 3.82. The molecule has 3 aromatic rings. The number of nitrogens with one attached hydrogen (secondary N) is 2. The van der Waals surface area contributed by atoms with Gasteiger partial charge in [0.1, 0.15) is 5.52 Å². The van der Waals surface area contributed by atoms with Crippen molar-refractivity contribution in [2.75, 3.05) is 11.1 Å². The number of aromatic nitrogens is 3. The summed E-state index contributed by atoms with van der Waals surface area (Å²) in [6.07, 6.45) is 3.56. The highest BCUT2D eigenvalue weighted by Crippen LogP contribution is 2.21. The number of hydrogen-bond donors (Lipinski definition) is 3. The summed E-state index contributed by atoms with van der Waals surface area (Å²) >= 11 is 0. The maximum atomic E-state index is 5.66. The molecule has 0 saturated heterocycles. The lowest BCUT2D eigenvalue weighted by Crippen LogP contribution is -1.97. The quantitative estimate of drug-likeness (QED) is 0.595. The topological polar surface area (TPSA) is 92.8 Å². The maximum Gasteiger partial charge on any atom is 0.295 e. The summed E-state index contributed by atoms with van der Waals surface area (Å²) in [6.45, 7) is 0.610. The van der Waals surface area contributed by atoms with E-state index in [1.807, 2.05) is 12.3 Å². The Morgan fingerprint density at radius 1 is 1.41 bits per heavy atom. The summed E-state index contributed by atoms with van der Waals surface area (Å²) in [5, 5.41) is 9.68. The van der Waals surface area contributed by atoms with Crippen molar-refractivity contribution >= 4 is 22.8 Å². The molecule has 2 heterocycles. The van der Waals surface area contributed by atoms with Gasteiger partial charge in [0.25, 0.3) is 6.01 Å². The van der Waals surface area contributed by atoms with Crippen molar-refractivity contribution in [2.24, 2.45) is 0 Å². The van der Waals surface area contributed by atoms with E-state index in [0.29, 0.717) is 23.8 Å². The fraction of sp³-hybridized carbons (Fsp3) is 0.0909. The Morgan fingerprint density at radius 2 is 2.35 bits per heavy atom. The summed E-state index contributed by atoms with van der Waals surface area (Å²) in [6, 6.07) is 5.86. The zero-order valence-electron chi connectivity index (χ0n) is 8.97. The van der Waals surface area contributed by atoms with Crippen LogP contribution in [0, 0.1) is 0 Å². The van der Waals surface area contributed by atoms with Gasteiger partial charge >= 0.3 is 0 Å². The largest absolute Gasteiger partial charge is 0.423 e. The van der Waals surface area contributed by atoms with E-state index in [0.717, 1.165) is 11.1 Å². The molecule has 0 aliphatic heterocycles. The second-order valence-corrected chi connectivity index (χ2v) is 3.71. The number of nitrogen functional groups attached to an aromatic ring is 1. The van der Waals surface area contributed by atoms with Gasteiger partial charge in [-0.15, -0.1) is 0 Å². The number of rotatable bonds is 3. The van der Waals surface area contributed by atoms with Gasteiger partial charge < -0.3 is 15.5 Å². The number of H-pyrrole nitrogens is 1. The van der Waals surface area contributed by atoms with E-state index < -0.39 is 0 Å². The molecule has 0 bridgehead atoms. The van der Waals surface area contributed by atoms with Gasteiger partial charge in [-0.3, -0.25) is 5.10 Å². The van der Waals surface area contributed by atoms with Gasteiger partial charge in [0, 0.05) is 30.1 Å². The number of hydrogen-bond acceptors (Lipinski definition) is 5. The second-order valence-electron chi connectivity index (χ2n) is 3.71. The van der Waals surface area contributed by atoms with Crippen LogP contribution in [0.1, 0.15) is 5.56 Å². The van der Waals surface area contributed by atoms with Crippen molar-refractivity contribution in [3.8, 4) is 0 Å². The van der Waals surface area contributed by atoms with Crippen LogP contribution in [-0.2, 0) is 6.54 Å². The van der Waals surface area contributed by atoms with Gasteiger partial charge in [-0.05, 0) is 12.1 Å². The van der Waals surface area contributed by atoms with Gasteiger partial charge in [0.15, 0.2) is 5.58 Å². The van der Waals surface area contributed by atoms with Crippen LogP contribution in [0.4, 0.5) is 11.7 Å². The number of benzene rings is 1. The van der Waals surface area contributed by atoms with Crippen molar-refractivity contribution in [1.29, 1.82) is 0 Å². The van der Waals surface area contributed by atoms with Gasteiger partial charge in [-0.25, -0.2) is 0 Å². The first-order valence-electron chi connectivity index (χ1n) is 5.19. The fourth-order valence-electron chi connectivity index (χ4n) is 1.57. The van der Waals surface area contributed by atoms with Crippen LogP contribution in [0.2, 0.25) is 0 Å². The summed E-state index contributed by atoms with van der Waals surface area (Å²) in [7, 11) is 0. The van der Waals surface area contributed by atoms with Gasteiger partial charge in [-0.2, -0.15) is 10.1 Å². The molecule has 0 aliphatic carbocycles. The van der Waals surface area contributed by atoms with E-state index >= 15 is 0 Å². The Hall–Kier alpha value is -2.50. The van der Waals surface area contributed by atoms with E-state index in [9.17, 15) is 0 Å². The molecule has 0 spiro atoms. The van der Waals surface area contributed by atoms with Crippen molar-refractivity contribution in [3.05, 3.63) is 36.2 Å². The predicted octanol–water partition coefficient (Wildman–Crippen LogP) is 1.75. The summed E-state index contributed by atoms with van der Waals surface area (Å²) < 4.78 is 5.51. The van der Waals surface area contributed by atoms with Crippen LogP contribution < -0.4 is 11.1 Å². The maximum absolute atomic E-state index is 5.66. The Balaban J connectivity index is 1.81. The molecule has 3 rings (SSSR count). The lowest BCUT2D eigenvalue weighted by Gasteiger charge is -1.96. The van der Waals surface area contributed by atoms with E-state index in [4.69, 9.17) is 10.2 Å². The first-order valence-corrected chi connectivity index (χ1v) is 5.19. The molecule has 0 fully saturated rings. The molecule has 0 amide bonds. The molecule has 6 heteroatoms. The van der Waals surface area contributed by atoms with Crippen molar-refractivity contribution in [2.45, 2.75) is 6.54 Å². The molecule has 17 heavy (non-hydrogen) atoms. The molecular weight excluding hydrogens is 218 g/mol. The minimum Gasteiger partial charge on any atom is -0.423 e. The number of oxazole rings is 1. The predicted molar refractivity (Wildman–Crippen MR) is 64.3 cm³/mol. The third kappa shape index (κ3) is 1.92. The normalized spacial score (nSPS) is 10.8. The van der Waals surface area contributed by atoms with Crippen molar-refractivity contribution in [3.63, 3.8) is 0 Å². The molecule has 0 unspecified atom stereocenters. The number of fused-ring (bicyclic) bond motifs is 1. The van der Waals surface area contributed by atoms with Crippen LogP contribution in [0.5, 0.6) is 0 Å². The minimum absolute atomic E-state index is 0.479. The molecule has 86 valence electrons. The zero-order valence-corrected chi connectivity index (χ0v) is 8.97. The summed E-state index contributed by atoms with van der Waals surface area (Å²) in [5.41, 5.74) is 8.83. The molecule has 0 atom stereocenters. The lowest BCUT2D eigenvalue weighted by molar-refractivity contribution is 0.614. The first-order chi connectivity index (χ1) is 8.31. The van der Waals surface area contributed by atoms with Crippen LogP contribution in [-0.4, -0.2) is 15.2 Å². The Kier molecular flexibility index (Phi) is 2.18. The van der Waals surface area contributed by atoms with E-state index in [-0.39, 0.29) is 0 Å². The highest BCUT2D eigenvalue weighted by atomic mass is 16.4. The Morgan fingerprint density at radius 3 is 3.18 bits per heavy atom. The third-order valence-electron chi connectivity index (χ3n) is 2.41. The van der Waals surface area contributed by atoms with Crippen LogP contribution >= 0.6 is 0 Å². The fourth-order valence-corrected chi connectivity index (χ4v) is 1.57. The summed E-state index contributed by atoms with van der Waals surface area (Å²) in [4.78, 5) is 4.29.